The van der Waals surface area contributed by atoms with E-state index in [1.807, 2.05) is 35.9 Å². The molecule has 0 atom stereocenters. The number of rotatable bonds is 5. The fraction of sp³-hybridized carbons (Fsp3) is 0.400. The van der Waals surface area contributed by atoms with Crippen molar-refractivity contribution < 1.29 is 4.74 Å². The molecule has 1 heterocycles. The summed E-state index contributed by atoms with van der Waals surface area (Å²) in [5, 5.41) is 7.87. The normalized spacial score (nSPS) is 11.1. The van der Waals surface area contributed by atoms with Crippen LogP contribution in [0.15, 0.2) is 24.3 Å². The predicted molar refractivity (Wildman–Crippen MR) is 82.2 cm³/mol. The molecular weight excluding hydrogens is 252 g/mol. The van der Waals surface area contributed by atoms with Gasteiger partial charge in [0.1, 0.15) is 0 Å². The average molecular weight is 274 g/mol. The van der Waals surface area contributed by atoms with E-state index in [-0.39, 0.29) is 6.04 Å². The zero-order chi connectivity index (χ0) is 14.7. The molecule has 0 radical (unpaired) electrons. The molecule has 0 aliphatic heterocycles. The minimum absolute atomic E-state index is 0.239. The van der Waals surface area contributed by atoms with E-state index in [1.165, 1.54) is 0 Å². The maximum absolute atomic E-state index is 6.14. The van der Waals surface area contributed by atoms with Crippen molar-refractivity contribution in [2.75, 3.05) is 18.2 Å². The molecule has 0 unspecified atom stereocenters. The monoisotopic (exact) mass is 274 g/mol. The Balaban J connectivity index is 2.40. The number of ether oxygens (including phenoxy) is 1. The largest absolute Gasteiger partial charge is 0.394 e. The second kappa shape index (κ2) is 5.96. The van der Waals surface area contributed by atoms with E-state index in [9.17, 15) is 0 Å². The zero-order valence-electron chi connectivity index (χ0n) is 12.5. The summed E-state index contributed by atoms with van der Waals surface area (Å²) in [4.78, 5) is 0. The van der Waals surface area contributed by atoms with Crippen molar-refractivity contribution in [2.45, 2.75) is 33.4 Å². The second-order valence-corrected chi connectivity index (χ2v) is 5.10. The molecular formula is C15H22N4O. The first-order valence-corrected chi connectivity index (χ1v) is 6.73. The Labute approximate surface area is 119 Å². The molecule has 2 rings (SSSR count). The van der Waals surface area contributed by atoms with Crippen molar-refractivity contribution in [3.63, 3.8) is 0 Å². The fourth-order valence-electron chi connectivity index (χ4n) is 2.11. The van der Waals surface area contributed by atoms with Crippen LogP contribution < -0.4 is 11.1 Å². The minimum Gasteiger partial charge on any atom is -0.394 e. The molecule has 0 aliphatic carbocycles. The average Bonchev–Trinajstić information content (AvgIpc) is 2.70. The molecule has 20 heavy (non-hydrogen) atoms. The molecule has 0 aliphatic rings. The summed E-state index contributed by atoms with van der Waals surface area (Å²) in [5.74, 6) is 0.834. The van der Waals surface area contributed by atoms with Gasteiger partial charge < -0.3 is 15.8 Å². The van der Waals surface area contributed by atoms with Crippen LogP contribution in [0, 0.1) is 6.92 Å². The van der Waals surface area contributed by atoms with Gasteiger partial charge in [-0.1, -0.05) is 18.2 Å². The van der Waals surface area contributed by atoms with E-state index >= 15 is 0 Å². The first-order valence-electron chi connectivity index (χ1n) is 6.73. The van der Waals surface area contributed by atoms with Crippen LogP contribution in [0.4, 0.5) is 17.2 Å². The number of anilines is 3. The molecule has 1 aromatic carbocycles. The Bertz CT molecular complexity index is 590. The summed E-state index contributed by atoms with van der Waals surface area (Å²) in [5.41, 5.74) is 9.74. The fourth-order valence-corrected chi connectivity index (χ4v) is 2.11. The lowest BCUT2D eigenvalue weighted by Crippen LogP contribution is -2.09. The van der Waals surface area contributed by atoms with Gasteiger partial charge in [0.25, 0.3) is 0 Å². The third kappa shape index (κ3) is 2.77. The first-order chi connectivity index (χ1) is 9.54. The van der Waals surface area contributed by atoms with Gasteiger partial charge in [-0.3, -0.25) is 0 Å². The highest BCUT2D eigenvalue weighted by atomic mass is 16.5. The highest BCUT2D eigenvalue weighted by Crippen LogP contribution is 2.30. The Morgan fingerprint density at radius 3 is 2.70 bits per heavy atom. The summed E-state index contributed by atoms with van der Waals surface area (Å²) < 4.78 is 7.14. The highest BCUT2D eigenvalue weighted by Gasteiger charge is 2.15. The maximum atomic E-state index is 6.14. The smallest absolute Gasteiger partial charge is 0.152 e. The number of aryl methyl sites for hydroxylation is 1. The van der Waals surface area contributed by atoms with E-state index in [0.717, 1.165) is 22.8 Å². The number of nitrogen functional groups attached to an aromatic ring is 1. The maximum Gasteiger partial charge on any atom is 0.152 e. The number of hydrogen-bond acceptors (Lipinski definition) is 4. The Kier molecular flexibility index (Phi) is 4.29. The van der Waals surface area contributed by atoms with Gasteiger partial charge in [-0.05, 0) is 26.8 Å². The minimum atomic E-state index is 0.239. The standard InChI is InChI=1S/C15H22N4O/c1-10(2)19-15(14(16)11(3)18-19)17-13-8-6-5-7-12(13)9-20-4/h5-8,10,17H,9,16H2,1-4H3. The van der Waals surface area contributed by atoms with Crippen LogP contribution >= 0.6 is 0 Å². The molecule has 5 heteroatoms. The van der Waals surface area contributed by atoms with Crippen molar-refractivity contribution in [1.82, 2.24) is 9.78 Å². The highest BCUT2D eigenvalue weighted by molar-refractivity contribution is 5.72. The first kappa shape index (κ1) is 14.4. The van der Waals surface area contributed by atoms with Crippen molar-refractivity contribution in [3.05, 3.63) is 35.5 Å². The topological polar surface area (TPSA) is 65.1 Å². The molecule has 5 nitrogen and oxygen atoms in total. The van der Waals surface area contributed by atoms with Crippen molar-refractivity contribution in [2.24, 2.45) is 0 Å². The molecule has 0 saturated carbocycles. The van der Waals surface area contributed by atoms with Gasteiger partial charge in [0.2, 0.25) is 0 Å². The lowest BCUT2D eigenvalue weighted by Gasteiger charge is -2.15. The van der Waals surface area contributed by atoms with E-state index < -0.39 is 0 Å². The number of nitrogens with zero attached hydrogens (tertiary/aromatic N) is 2. The molecule has 0 amide bonds. The van der Waals surface area contributed by atoms with Gasteiger partial charge >= 0.3 is 0 Å². The number of hydrogen-bond donors (Lipinski definition) is 2. The quantitative estimate of drug-likeness (QED) is 0.878. The van der Waals surface area contributed by atoms with Crippen molar-refractivity contribution >= 4 is 17.2 Å². The van der Waals surface area contributed by atoms with Crippen LogP contribution in [-0.4, -0.2) is 16.9 Å². The van der Waals surface area contributed by atoms with Crippen LogP contribution in [0.5, 0.6) is 0 Å². The number of nitrogens with one attached hydrogen (secondary N) is 1. The SMILES string of the molecule is COCc1ccccc1Nc1c(N)c(C)nn1C(C)C. The van der Waals surface area contributed by atoms with Crippen LogP contribution in [0.1, 0.15) is 31.1 Å². The van der Waals surface area contributed by atoms with Gasteiger partial charge in [0.15, 0.2) is 5.82 Å². The molecule has 0 spiro atoms. The number of para-hydroxylation sites is 1. The van der Waals surface area contributed by atoms with E-state index in [4.69, 9.17) is 10.5 Å². The van der Waals surface area contributed by atoms with E-state index in [1.54, 1.807) is 7.11 Å². The van der Waals surface area contributed by atoms with Crippen molar-refractivity contribution in [3.8, 4) is 0 Å². The molecule has 0 bridgehead atoms. The zero-order valence-corrected chi connectivity index (χ0v) is 12.5. The van der Waals surface area contributed by atoms with Crippen LogP contribution in [0.3, 0.4) is 0 Å². The van der Waals surface area contributed by atoms with E-state index in [2.05, 4.69) is 24.3 Å². The van der Waals surface area contributed by atoms with Crippen LogP contribution in [0.25, 0.3) is 0 Å². The lowest BCUT2D eigenvalue weighted by molar-refractivity contribution is 0.185. The van der Waals surface area contributed by atoms with Gasteiger partial charge in [0, 0.05) is 24.4 Å². The molecule has 108 valence electrons. The third-order valence-electron chi connectivity index (χ3n) is 3.19. The number of nitrogens with two attached hydrogens (primary N) is 1. The van der Waals surface area contributed by atoms with Gasteiger partial charge in [-0.25, -0.2) is 4.68 Å². The third-order valence-corrected chi connectivity index (χ3v) is 3.19. The van der Waals surface area contributed by atoms with Gasteiger partial charge in [-0.2, -0.15) is 5.10 Å². The Morgan fingerprint density at radius 2 is 2.05 bits per heavy atom. The summed E-state index contributed by atoms with van der Waals surface area (Å²) in [6.45, 7) is 6.63. The molecule has 0 saturated heterocycles. The molecule has 1 aromatic heterocycles. The molecule has 0 fully saturated rings. The lowest BCUT2D eigenvalue weighted by atomic mass is 10.2. The van der Waals surface area contributed by atoms with E-state index in [0.29, 0.717) is 12.3 Å². The Hall–Kier alpha value is -2.01. The van der Waals surface area contributed by atoms with Crippen LogP contribution in [0.2, 0.25) is 0 Å². The summed E-state index contributed by atoms with van der Waals surface area (Å²) in [6, 6.07) is 8.27. The second-order valence-electron chi connectivity index (χ2n) is 5.10. The number of aromatic nitrogens is 2. The molecule has 2 aromatic rings. The summed E-state index contributed by atoms with van der Waals surface area (Å²) in [7, 11) is 1.69. The Morgan fingerprint density at radius 1 is 1.35 bits per heavy atom. The summed E-state index contributed by atoms with van der Waals surface area (Å²) >= 11 is 0. The number of benzene rings is 1. The number of methoxy groups -OCH3 is 1. The summed E-state index contributed by atoms with van der Waals surface area (Å²) in [6.07, 6.45) is 0. The van der Waals surface area contributed by atoms with Gasteiger partial charge in [-0.15, -0.1) is 0 Å². The van der Waals surface area contributed by atoms with Crippen LogP contribution in [-0.2, 0) is 11.3 Å². The molecule has 3 N–H and O–H groups in total. The van der Waals surface area contributed by atoms with Gasteiger partial charge in [0.05, 0.1) is 18.0 Å². The van der Waals surface area contributed by atoms with Crippen molar-refractivity contribution in [1.29, 1.82) is 0 Å². The predicted octanol–water partition coefficient (Wildman–Crippen LogP) is 3.24.